The van der Waals surface area contributed by atoms with E-state index in [9.17, 15) is 4.79 Å². The summed E-state index contributed by atoms with van der Waals surface area (Å²) in [5, 5.41) is 3.97. The molecule has 0 saturated carbocycles. The number of terminal acetylenes is 1. The Morgan fingerprint density at radius 2 is 2.00 bits per heavy atom. The SMILES string of the molecule is C#CCOc1ccc(/C=N\NC(=O)COc2ccc(C3SCCS3)cc2)cc1I. The van der Waals surface area contributed by atoms with Gasteiger partial charge in [-0.1, -0.05) is 18.1 Å². The molecular weight excluding hydrogens is 519 g/mol. The number of ether oxygens (including phenoxy) is 2. The average molecular weight is 538 g/mol. The van der Waals surface area contributed by atoms with Gasteiger partial charge in [0.25, 0.3) is 5.91 Å². The smallest absolute Gasteiger partial charge is 0.277 e. The van der Waals surface area contributed by atoms with Crippen LogP contribution < -0.4 is 14.9 Å². The minimum absolute atomic E-state index is 0.0972. The van der Waals surface area contributed by atoms with E-state index in [2.05, 4.69) is 51.2 Å². The molecule has 1 aliphatic heterocycles. The molecule has 29 heavy (non-hydrogen) atoms. The third kappa shape index (κ3) is 6.87. The Kier molecular flexibility index (Phi) is 8.58. The highest BCUT2D eigenvalue weighted by Crippen LogP contribution is 2.45. The largest absolute Gasteiger partial charge is 0.484 e. The average Bonchev–Trinajstić information content (AvgIpc) is 3.27. The second-order valence-corrected chi connectivity index (χ2v) is 9.79. The molecule has 0 aromatic heterocycles. The van der Waals surface area contributed by atoms with Gasteiger partial charge in [-0.3, -0.25) is 4.79 Å². The molecule has 150 valence electrons. The van der Waals surface area contributed by atoms with Gasteiger partial charge in [0.2, 0.25) is 0 Å². The summed E-state index contributed by atoms with van der Waals surface area (Å²) in [5.41, 5.74) is 4.58. The van der Waals surface area contributed by atoms with Crippen molar-refractivity contribution in [2.75, 3.05) is 24.7 Å². The van der Waals surface area contributed by atoms with Crippen molar-refractivity contribution in [1.82, 2.24) is 5.43 Å². The van der Waals surface area contributed by atoms with E-state index in [1.807, 2.05) is 53.9 Å². The molecule has 8 heteroatoms. The lowest BCUT2D eigenvalue weighted by atomic mass is 10.2. The first-order valence-corrected chi connectivity index (χ1v) is 12.0. The number of hydrazone groups is 1. The maximum Gasteiger partial charge on any atom is 0.277 e. The molecule has 0 spiro atoms. The third-order valence-electron chi connectivity index (χ3n) is 3.81. The third-order valence-corrected chi connectivity index (χ3v) is 7.76. The number of amides is 1. The highest BCUT2D eigenvalue weighted by molar-refractivity contribution is 14.1. The molecule has 1 amide bonds. The van der Waals surface area contributed by atoms with Gasteiger partial charge in [-0.15, -0.1) is 29.9 Å². The Morgan fingerprint density at radius 1 is 1.24 bits per heavy atom. The summed E-state index contributed by atoms with van der Waals surface area (Å²) in [4.78, 5) is 11.9. The van der Waals surface area contributed by atoms with Crippen molar-refractivity contribution in [3.05, 3.63) is 57.2 Å². The van der Waals surface area contributed by atoms with E-state index in [-0.39, 0.29) is 19.1 Å². The highest BCUT2D eigenvalue weighted by atomic mass is 127. The van der Waals surface area contributed by atoms with Crippen LogP contribution in [0.15, 0.2) is 47.6 Å². The molecule has 1 N–H and O–H groups in total. The van der Waals surface area contributed by atoms with E-state index >= 15 is 0 Å². The van der Waals surface area contributed by atoms with Crippen LogP contribution in [0.25, 0.3) is 0 Å². The van der Waals surface area contributed by atoms with E-state index in [0.717, 1.165) is 9.13 Å². The van der Waals surface area contributed by atoms with Crippen LogP contribution in [-0.4, -0.2) is 36.8 Å². The van der Waals surface area contributed by atoms with Gasteiger partial charge in [0, 0.05) is 11.5 Å². The maximum absolute atomic E-state index is 11.9. The number of halogens is 1. The Labute approximate surface area is 192 Å². The molecule has 2 aromatic rings. The van der Waals surface area contributed by atoms with Crippen molar-refractivity contribution in [3.63, 3.8) is 0 Å². The zero-order valence-corrected chi connectivity index (χ0v) is 19.3. The lowest BCUT2D eigenvalue weighted by Gasteiger charge is -2.10. The number of nitrogens with zero attached hydrogens (tertiary/aromatic N) is 1. The minimum atomic E-state index is -0.323. The first kappa shape index (κ1) is 21.9. The second kappa shape index (κ2) is 11.4. The molecule has 2 aromatic carbocycles. The van der Waals surface area contributed by atoms with Crippen molar-refractivity contribution in [3.8, 4) is 23.8 Å². The summed E-state index contributed by atoms with van der Waals surface area (Å²) >= 11 is 6.08. The lowest BCUT2D eigenvalue weighted by molar-refractivity contribution is -0.123. The number of thioether (sulfide) groups is 2. The van der Waals surface area contributed by atoms with E-state index in [0.29, 0.717) is 16.1 Å². The summed E-state index contributed by atoms with van der Waals surface area (Å²) in [7, 11) is 0. The van der Waals surface area contributed by atoms with Gasteiger partial charge in [-0.05, 0) is 64.0 Å². The molecule has 1 aliphatic rings. The molecule has 5 nitrogen and oxygen atoms in total. The molecular formula is C21H19IN2O3S2. The molecule has 3 rings (SSSR count). The van der Waals surface area contributed by atoms with Gasteiger partial charge in [0.05, 0.1) is 14.4 Å². The number of carbonyl (C=O) groups excluding carboxylic acids is 1. The quantitative estimate of drug-likeness (QED) is 0.235. The van der Waals surface area contributed by atoms with Gasteiger partial charge in [-0.2, -0.15) is 5.10 Å². The zero-order chi connectivity index (χ0) is 20.5. The predicted octanol–water partition coefficient (Wildman–Crippen LogP) is 4.31. The van der Waals surface area contributed by atoms with Crippen molar-refractivity contribution < 1.29 is 14.3 Å². The second-order valence-electron chi connectivity index (χ2n) is 5.91. The number of rotatable bonds is 8. The molecule has 0 unspecified atom stereocenters. The Bertz CT molecular complexity index is 907. The van der Waals surface area contributed by atoms with E-state index in [1.165, 1.54) is 17.1 Å². The van der Waals surface area contributed by atoms with Crippen LogP contribution in [0.1, 0.15) is 15.7 Å². The first-order chi connectivity index (χ1) is 14.2. The number of nitrogens with one attached hydrogen (secondary N) is 1. The van der Waals surface area contributed by atoms with Gasteiger partial charge < -0.3 is 9.47 Å². The van der Waals surface area contributed by atoms with Crippen LogP contribution >= 0.6 is 46.1 Å². The number of carbonyl (C=O) groups is 1. The van der Waals surface area contributed by atoms with E-state index in [4.69, 9.17) is 15.9 Å². The van der Waals surface area contributed by atoms with Crippen LogP contribution in [-0.2, 0) is 4.79 Å². The molecule has 1 saturated heterocycles. The topological polar surface area (TPSA) is 59.9 Å². The molecule has 0 radical (unpaired) electrons. The molecule has 0 bridgehead atoms. The van der Waals surface area contributed by atoms with Crippen molar-refractivity contribution >= 4 is 58.2 Å². The van der Waals surface area contributed by atoms with E-state index in [1.54, 1.807) is 6.21 Å². The lowest BCUT2D eigenvalue weighted by Crippen LogP contribution is -2.24. The molecule has 0 aliphatic carbocycles. The fourth-order valence-electron chi connectivity index (χ4n) is 2.47. The monoisotopic (exact) mass is 538 g/mol. The van der Waals surface area contributed by atoms with Crippen LogP contribution in [0, 0.1) is 15.9 Å². The Hall–Kier alpha value is -1.83. The summed E-state index contributed by atoms with van der Waals surface area (Å²) in [6.07, 6.45) is 6.76. The van der Waals surface area contributed by atoms with Gasteiger partial charge in [0.1, 0.15) is 18.1 Å². The van der Waals surface area contributed by atoms with Gasteiger partial charge >= 0.3 is 0 Å². The van der Waals surface area contributed by atoms with Crippen molar-refractivity contribution in [2.24, 2.45) is 5.10 Å². The Balaban J connectivity index is 1.43. The van der Waals surface area contributed by atoms with Crippen molar-refractivity contribution in [1.29, 1.82) is 0 Å². The normalized spacial score (nSPS) is 13.9. The fourth-order valence-corrected chi connectivity index (χ4v) is 6.02. The van der Waals surface area contributed by atoms with Gasteiger partial charge in [0.15, 0.2) is 6.61 Å². The van der Waals surface area contributed by atoms with Crippen molar-refractivity contribution in [2.45, 2.75) is 4.58 Å². The van der Waals surface area contributed by atoms with Crippen LogP contribution in [0.2, 0.25) is 0 Å². The minimum Gasteiger partial charge on any atom is -0.484 e. The number of benzene rings is 2. The standard InChI is InChI=1S/C21H19IN2O3S2/c1-2-9-26-19-8-3-15(12-18(19)22)13-23-24-20(25)14-27-17-6-4-16(5-7-17)21-28-10-11-29-21/h1,3-8,12-13,21H,9-11,14H2,(H,24,25)/b23-13-. The number of hydrogen-bond donors (Lipinski definition) is 1. The molecule has 1 heterocycles. The van der Waals surface area contributed by atoms with Gasteiger partial charge in [-0.25, -0.2) is 5.43 Å². The molecule has 0 atom stereocenters. The molecule has 1 fully saturated rings. The predicted molar refractivity (Wildman–Crippen MR) is 129 cm³/mol. The summed E-state index contributed by atoms with van der Waals surface area (Å²) < 4.78 is 12.4. The van der Waals surface area contributed by atoms with Crippen LogP contribution in [0.4, 0.5) is 0 Å². The summed E-state index contributed by atoms with van der Waals surface area (Å²) in [5.74, 6) is 5.87. The summed E-state index contributed by atoms with van der Waals surface area (Å²) in [6, 6.07) is 13.5. The Morgan fingerprint density at radius 3 is 2.69 bits per heavy atom. The number of hydrogen-bond acceptors (Lipinski definition) is 6. The van der Waals surface area contributed by atoms with Crippen LogP contribution in [0.5, 0.6) is 11.5 Å². The fraction of sp³-hybridized carbons (Fsp3) is 0.238. The summed E-state index contributed by atoms with van der Waals surface area (Å²) in [6.45, 7) is 0.126. The zero-order valence-electron chi connectivity index (χ0n) is 15.5. The van der Waals surface area contributed by atoms with E-state index < -0.39 is 0 Å². The maximum atomic E-state index is 11.9. The van der Waals surface area contributed by atoms with Crippen LogP contribution in [0.3, 0.4) is 0 Å². The first-order valence-electron chi connectivity index (χ1n) is 8.79. The highest BCUT2D eigenvalue weighted by Gasteiger charge is 2.17.